The van der Waals surface area contributed by atoms with Gasteiger partial charge in [-0.1, -0.05) is 6.07 Å². The van der Waals surface area contributed by atoms with Gasteiger partial charge in [0.15, 0.2) is 5.75 Å². The molecule has 0 radical (unpaired) electrons. The lowest BCUT2D eigenvalue weighted by molar-refractivity contribution is 0.0692. The summed E-state index contributed by atoms with van der Waals surface area (Å²) in [5.74, 6) is -0.864. The summed E-state index contributed by atoms with van der Waals surface area (Å²) in [5, 5.41) is 17.5. The fourth-order valence-corrected chi connectivity index (χ4v) is 1.27. The van der Waals surface area contributed by atoms with E-state index in [1.54, 1.807) is 12.1 Å². The fourth-order valence-electron chi connectivity index (χ4n) is 1.27. The lowest BCUT2D eigenvalue weighted by Crippen LogP contribution is -2.07. The van der Waals surface area contributed by atoms with Gasteiger partial charge in [-0.3, -0.25) is 0 Å². The summed E-state index contributed by atoms with van der Waals surface area (Å²) in [5.41, 5.74) is 6.00. The molecule has 0 unspecified atom stereocenters. The van der Waals surface area contributed by atoms with Crippen LogP contribution in [0.3, 0.4) is 0 Å². The molecule has 0 aromatic heterocycles. The Morgan fingerprint density at radius 1 is 1.38 bits per heavy atom. The summed E-state index contributed by atoms with van der Waals surface area (Å²) in [6, 6.07) is 4.60. The largest absolute Gasteiger partial charge is 0.491 e. The van der Waals surface area contributed by atoms with Crippen LogP contribution in [0.15, 0.2) is 18.2 Å². The van der Waals surface area contributed by atoms with E-state index in [9.17, 15) is 4.79 Å². The number of rotatable bonds is 6. The molecule has 1 aromatic rings. The second kappa shape index (κ2) is 5.97. The molecule has 0 atom stereocenters. The van der Waals surface area contributed by atoms with Gasteiger partial charge in [-0.25, -0.2) is 4.79 Å². The van der Waals surface area contributed by atoms with Gasteiger partial charge in [0.1, 0.15) is 5.56 Å². The van der Waals surface area contributed by atoms with Crippen molar-refractivity contribution in [3.05, 3.63) is 23.8 Å². The zero-order chi connectivity index (χ0) is 12.0. The standard InChI is InChI=1S/C11H15NO4/c12-9-5-3-4-8(11(14)15)10(9)16-7-2-1-6-13/h3-5,13H,1-2,6-7,12H2,(H,14,15). The van der Waals surface area contributed by atoms with Crippen LogP contribution in [0.5, 0.6) is 5.75 Å². The Labute approximate surface area is 93.5 Å². The Morgan fingerprint density at radius 3 is 2.75 bits per heavy atom. The lowest BCUT2D eigenvalue weighted by Gasteiger charge is -2.11. The van der Waals surface area contributed by atoms with E-state index in [4.69, 9.17) is 20.7 Å². The predicted octanol–water partition coefficient (Wildman–Crippen LogP) is 1.12. The number of nitrogen functional groups attached to an aromatic ring is 1. The number of hydrogen-bond acceptors (Lipinski definition) is 4. The molecule has 0 aliphatic rings. The number of carboxylic acids is 1. The van der Waals surface area contributed by atoms with Gasteiger partial charge in [0.05, 0.1) is 12.3 Å². The minimum atomic E-state index is -1.07. The van der Waals surface area contributed by atoms with Gasteiger partial charge >= 0.3 is 5.97 Å². The molecule has 0 aliphatic carbocycles. The van der Waals surface area contributed by atoms with Gasteiger partial charge in [0.25, 0.3) is 0 Å². The number of nitrogens with two attached hydrogens (primary N) is 1. The Balaban J connectivity index is 2.73. The van der Waals surface area contributed by atoms with Crippen LogP contribution in [0.4, 0.5) is 5.69 Å². The molecule has 0 saturated carbocycles. The topological polar surface area (TPSA) is 92.8 Å². The van der Waals surface area contributed by atoms with Crippen LogP contribution in [-0.2, 0) is 0 Å². The smallest absolute Gasteiger partial charge is 0.339 e. The number of aliphatic hydroxyl groups is 1. The Bertz CT molecular complexity index is 365. The first-order chi connectivity index (χ1) is 7.66. The first-order valence-electron chi connectivity index (χ1n) is 5.02. The van der Waals surface area contributed by atoms with Crippen LogP contribution < -0.4 is 10.5 Å². The van der Waals surface area contributed by atoms with Gasteiger partial charge in [-0.05, 0) is 25.0 Å². The summed E-state index contributed by atoms with van der Waals surface area (Å²) in [4.78, 5) is 10.9. The Kier molecular flexibility index (Phi) is 4.60. The SMILES string of the molecule is Nc1cccc(C(=O)O)c1OCCCCO. The van der Waals surface area contributed by atoms with Crippen molar-refractivity contribution in [3.63, 3.8) is 0 Å². The number of para-hydroxylation sites is 1. The van der Waals surface area contributed by atoms with Gasteiger partial charge in [-0.2, -0.15) is 0 Å². The number of carbonyl (C=O) groups is 1. The normalized spacial score (nSPS) is 10.1. The van der Waals surface area contributed by atoms with E-state index < -0.39 is 5.97 Å². The lowest BCUT2D eigenvalue weighted by atomic mass is 10.2. The third-order valence-electron chi connectivity index (χ3n) is 2.07. The average molecular weight is 225 g/mol. The molecule has 5 heteroatoms. The van der Waals surface area contributed by atoms with Crippen LogP contribution in [0.1, 0.15) is 23.2 Å². The van der Waals surface area contributed by atoms with Crippen molar-refractivity contribution in [3.8, 4) is 5.75 Å². The number of aliphatic hydroxyl groups excluding tert-OH is 1. The van der Waals surface area contributed by atoms with Crippen LogP contribution in [0.2, 0.25) is 0 Å². The summed E-state index contributed by atoms with van der Waals surface area (Å²) >= 11 is 0. The van der Waals surface area contributed by atoms with Crippen molar-refractivity contribution in [2.75, 3.05) is 18.9 Å². The molecule has 0 amide bonds. The van der Waals surface area contributed by atoms with Gasteiger partial charge in [-0.15, -0.1) is 0 Å². The van der Waals surface area contributed by atoms with E-state index in [0.717, 1.165) is 0 Å². The number of ether oxygens (including phenoxy) is 1. The highest BCUT2D eigenvalue weighted by atomic mass is 16.5. The number of anilines is 1. The van der Waals surface area contributed by atoms with Crippen LogP contribution in [-0.4, -0.2) is 29.4 Å². The van der Waals surface area contributed by atoms with Crippen molar-refractivity contribution >= 4 is 11.7 Å². The molecule has 0 spiro atoms. The Hall–Kier alpha value is -1.75. The van der Waals surface area contributed by atoms with E-state index in [2.05, 4.69) is 0 Å². The van der Waals surface area contributed by atoms with E-state index in [-0.39, 0.29) is 17.9 Å². The van der Waals surface area contributed by atoms with Crippen LogP contribution in [0.25, 0.3) is 0 Å². The van der Waals surface area contributed by atoms with Gasteiger partial charge in [0.2, 0.25) is 0 Å². The highest BCUT2D eigenvalue weighted by molar-refractivity contribution is 5.93. The molecular formula is C11H15NO4. The first kappa shape index (κ1) is 12.3. The molecule has 1 aromatic carbocycles. The van der Waals surface area contributed by atoms with Crippen molar-refractivity contribution in [1.29, 1.82) is 0 Å². The van der Waals surface area contributed by atoms with E-state index in [1.807, 2.05) is 0 Å². The minimum absolute atomic E-state index is 0.0593. The van der Waals surface area contributed by atoms with Gasteiger partial charge < -0.3 is 20.7 Å². The number of aromatic carboxylic acids is 1. The van der Waals surface area contributed by atoms with E-state index in [1.165, 1.54) is 6.07 Å². The quantitative estimate of drug-likeness (QED) is 0.498. The third kappa shape index (κ3) is 3.13. The minimum Gasteiger partial charge on any atom is -0.491 e. The molecule has 5 nitrogen and oxygen atoms in total. The van der Waals surface area contributed by atoms with Crippen molar-refractivity contribution in [2.24, 2.45) is 0 Å². The maximum atomic E-state index is 10.9. The molecule has 0 heterocycles. The second-order valence-corrected chi connectivity index (χ2v) is 3.31. The summed E-state index contributed by atoms with van der Waals surface area (Å²) < 4.78 is 5.31. The Morgan fingerprint density at radius 2 is 2.12 bits per heavy atom. The molecular weight excluding hydrogens is 210 g/mol. The first-order valence-corrected chi connectivity index (χ1v) is 5.02. The molecule has 4 N–H and O–H groups in total. The molecule has 16 heavy (non-hydrogen) atoms. The van der Waals surface area contributed by atoms with Crippen molar-refractivity contribution in [2.45, 2.75) is 12.8 Å². The summed E-state index contributed by atoms with van der Waals surface area (Å²) in [6.07, 6.45) is 1.28. The highest BCUT2D eigenvalue weighted by Gasteiger charge is 2.13. The molecule has 1 rings (SSSR count). The maximum Gasteiger partial charge on any atom is 0.339 e. The number of hydrogen-bond donors (Lipinski definition) is 3. The predicted molar refractivity (Wildman–Crippen MR) is 59.6 cm³/mol. The van der Waals surface area contributed by atoms with Crippen LogP contribution >= 0.6 is 0 Å². The number of unbranched alkanes of at least 4 members (excludes halogenated alkanes) is 1. The molecule has 0 aliphatic heterocycles. The fraction of sp³-hybridized carbons (Fsp3) is 0.364. The zero-order valence-electron chi connectivity index (χ0n) is 8.85. The van der Waals surface area contributed by atoms with Crippen LogP contribution in [0, 0.1) is 0 Å². The summed E-state index contributed by atoms with van der Waals surface area (Å²) in [7, 11) is 0. The molecule has 0 saturated heterocycles. The number of benzene rings is 1. The van der Waals surface area contributed by atoms with E-state index >= 15 is 0 Å². The van der Waals surface area contributed by atoms with E-state index in [0.29, 0.717) is 25.1 Å². The van der Waals surface area contributed by atoms with Crippen molar-refractivity contribution < 1.29 is 19.7 Å². The monoisotopic (exact) mass is 225 g/mol. The number of carboxylic acid groups (broad SMARTS) is 1. The molecule has 88 valence electrons. The summed E-state index contributed by atoms with van der Waals surface area (Å²) in [6.45, 7) is 0.439. The maximum absolute atomic E-state index is 10.9. The second-order valence-electron chi connectivity index (χ2n) is 3.31. The highest BCUT2D eigenvalue weighted by Crippen LogP contribution is 2.26. The third-order valence-corrected chi connectivity index (χ3v) is 2.07. The average Bonchev–Trinajstić information content (AvgIpc) is 2.25. The zero-order valence-corrected chi connectivity index (χ0v) is 8.85. The molecule has 0 bridgehead atoms. The van der Waals surface area contributed by atoms with Gasteiger partial charge in [0, 0.05) is 6.61 Å². The van der Waals surface area contributed by atoms with Crippen molar-refractivity contribution in [1.82, 2.24) is 0 Å². The molecule has 0 fully saturated rings.